The van der Waals surface area contributed by atoms with Crippen LogP contribution in [0.5, 0.6) is 0 Å². The largest absolute Gasteiger partial charge is 0.481 e. The van der Waals surface area contributed by atoms with Gasteiger partial charge in [-0.2, -0.15) is 4.99 Å². The molecule has 1 saturated heterocycles. The highest BCUT2D eigenvalue weighted by Crippen LogP contribution is 2.36. The Morgan fingerprint density at radius 1 is 1.52 bits per heavy atom. The van der Waals surface area contributed by atoms with Gasteiger partial charge < -0.3 is 25.2 Å². The molecule has 136 valence electrons. The van der Waals surface area contributed by atoms with E-state index in [2.05, 4.69) is 15.3 Å². The number of amidine groups is 1. The van der Waals surface area contributed by atoms with Gasteiger partial charge in [-0.15, -0.1) is 0 Å². The molecule has 6 N–H and O–H groups in total. The molecule has 12 nitrogen and oxygen atoms in total. The Morgan fingerprint density at radius 3 is 2.76 bits per heavy atom. The van der Waals surface area contributed by atoms with Gasteiger partial charge >= 0.3 is 5.97 Å². The molecule has 3 aliphatic heterocycles. The van der Waals surface area contributed by atoms with Crippen molar-refractivity contribution in [3.8, 4) is 0 Å². The molecule has 1 amide bonds. The van der Waals surface area contributed by atoms with Gasteiger partial charge in [-0.1, -0.05) is 0 Å². The number of aliphatic hydroxyl groups is 3. The third kappa shape index (κ3) is 2.33. The van der Waals surface area contributed by atoms with E-state index < -0.39 is 60.4 Å². The zero-order chi connectivity index (χ0) is 18.5. The van der Waals surface area contributed by atoms with Crippen LogP contribution in [-0.2, 0) is 14.3 Å². The van der Waals surface area contributed by atoms with E-state index in [1.54, 1.807) is 0 Å². The number of aliphatic carboxylic acids is 1. The van der Waals surface area contributed by atoms with E-state index in [0.717, 1.165) is 11.2 Å². The van der Waals surface area contributed by atoms with Crippen LogP contribution in [0.15, 0.2) is 9.98 Å². The van der Waals surface area contributed by atoms with Gasteiger partial charge in [0.1, 0.15) is 18.3 Å². The third-order valence-electron chi connectivity index (χ3n) is 4.56. The van der Waals surface area contributed by atoms with Gasteiger partial charge in [0.05, 0.1) is 18.9 Å². The standard InChI is InChI=1S/C13H17N5O7/c1-4(9(22)23)13-10(16-12(14)17-11(13)24)18(3-15-13)8-7(21)6(20)5(2-19)25-8/h3-8,19-21H,2H2,1H3,(H,22,23)(H2,14,17,24)/t4?,5-,6-,7-,8-,13?/m1/s1. The summed E-state index contributed by atoms with van der Waals surface area (Å²) in [5.74, 6) is -4.20. The molecule has 0 radical (unpaired) electrons. The van der Waals surface area contributed by atoms with Crippen molar-refractivity contribution in [3.05, 3.63) is 0 Å². The highest BCUT2D eigenvalue weighted by Gasteiger charge is 2.61. The molecule has 3 aliphatic rings. The average Bonchev–Trinajstić information content (AvgIpc) is 3.06. The van der Waals surface area contributed by atoms with Crippen molar-refractivity contribution in [2.75, 3.05) is 6.61 Å². The molecule has 0 aliphatic carbocycles. The molecule has 0 aromatic rings. The summed E-state index contributed by atoms with van der Waals surface area (Å²) in [5, 5.41) is 48.3. The predicted octanol–water partition coefficient (Wildman–Crippen LogP) is -3.31. The third-order valence-corrected chi connectivity index (χ3v) is 4.56. The van der Waals surface area contributed by atoms with Gasteiger partial charge in [-0.3, -0.25) is 25.2 Å². The molecule has 6 atom stereocenters. The number of hydrogen-bond acceptors (Lipinski definition) is 9. The molecule has 12 heteroatoms. The lowest BCUT2D eigenvalue weighted by Crippen LogP contribution is -2.64. The minimum absolute atomic E-state index is 0.203. The summed E-state index contributed by atoms with van der Waals surface area (Å²) in [6.07, 6.45) is -4.11. The van der Waals surface area contributed by atoms with Crippen molar-refractivity contribution in [1.29, 1.82) is 5.41 Å². The van der Waals surface area contributed by atoms with E-state index in [1.807, 2.05) is 0 Å². The molecular weight excluding hydrogens is 338 g/mol. The summed E-state index contributed by atoms with van der Waals surface area (Å²) in [7, 11) is 0. The Balaban J connectivity index is 2.03. The Hall–Kier alpha value is -2.41. The fraction of sp³-hybridized carbons (Fsp3) is 0.615. The van der Waals surface area contributed by atoms with Gasteiger partial charge in [0.25, 0.3) is 5.91 Å². The van der Waals surface area contributed by atoms with Crippen molar-refractivity contribution in [2.24, 2.45) is 15.9 Å². The van der Waals surface area contributed by atoms with Gasteiger partial charge in [0.2, 0.25) is 11.5 Å². The van der Waals surface area contributed by atoms with Crippen LogP contribution in [0.1, 0.15) is 6.92 Å². The minimum Gasteiger partial charge on any atom is -0.481 e. The topological polar surface area (TPSA) is 188 Å². The van der Waals surface area contributed by atoms with E-state index >= 15 is 0 Å². The van der Waals surface area contributed by atoms with Crippen LogP contribution in [0, 0.1) is 11.3 Å². The van der Waals surface area contributed by atoms with E-state index in [9.17, 15) is 30.0 Å². The van der Waals surface area contributed by atoms with E-state index in [0.29, 0.717) is 0 Å². The Bertz CT molecular complexity index is 694. The number of hydrogen-bond donors (Lipinski definition) is 6. The lowest BCUT2D eigenvalue weighted by atomic mass is 9.82. The maximum Gasteiger partial charge on any atom is 0.309 e. The molecule has 0 spiro atoms. The predicted molar refractivity (Wildman–Crippen MR) is 80.9 cm³/mol. The van der Waals surface area contributed by atoms with Gasteiger partial charge in [-0.25, -0.2) is 4.99 Å². The van der Waals surface area contributed by atoms with Crippen molar-refractivity contribution < 1.29 is 34.8 Å². The monoisotopic (exact) mass is 355 g/mol. The molecule has 0 aromatic heterocycles. The maximum atomic E-state index is 12.5. The summed E-state index contributed by atoms with van der Waals surface area (Å²) >= 11 is 0. The first kappa shape index (κ1) is 17.4. The van der Waals surface area contributed by atoms with Crippen molar-refractivity contribution in [3.63, 3.8) is 0 Å². The second-order valence-electron chi connectivity index (χ2n) is 5.95. The summed E-state index contributed by atoms with van der Waals surface area (Å²) < 4.78 is 5.38. The summed E-state index contributed by atoms with van der Waals surface area (Å²) in [5.41, 5.74) is -1.93. The number of aliphatic hydroxyl groups excluding tert-OH is 3. The van der Waals surface area contributed by atoms with Crippen LogP contribution in [0.2, 0.25) is 0 Å². The molecule has 0 saturated carbocycles. The van der Waals surface area contributed by atoms with Crippen LogP contribution in [-0.4, -0.2) is 92.0 Å². The number of carbonyl (C=O) groups is 2. The number of amides is 1. The normalized spacial score (nSPS) is 38.4. The molecule has 2 unspecified atom stereocenters. The number of carbonyl (C=O) groups excluding carboxylic acids is 1. The summed E-state index contributed by atoms with van der Waals surface area (Å²) in [6, 6.07) is 0. The number of ether oxygens (including phenoxy) is 1. The first-order chi connectivity index (χ1) is 11.7. The zero-order valence-electron chi connectivity index (χ0n) is 13.0. The fourth-order valence-corrected chi connectivity index (χ4v) is 3.08. The molecule has 3 heterocycles. The van der Waals surface area contributed by atoms with Crippen LogP contribution in [0.4, 0.5) is 0 Å². The van der Waals surface area contributed by atoms with Gasteiger partial charge in [0, 0.05) is 0 Å². The van der Waals surface area contributed by atoms with E-state index in [1.165, 1.54) is 6.92 Å². The van der Waals surface area contributed by atoms with Crippen LogP contribution >= 0.6 is 0 Å². The molecule has 1 fully saturated rings. The lowest BCUT2D eigenvalue weighted by molar-refractivity contribution is -0.145. The summed E-state index contributed by atoms with van der Waals surface area (Å²) in [4.78, 5) is 32.9. The number of carboxylic acid groups (broad SMARTS) is 1. The summed E-state index contributed by atoms with van der Waals surface area (Å²) in [6.45, 7) is 0.712. The molecule has 3 rings (SSSR count). The first-order valence-corrected chi connectivity index (χ1v) is 7.42. The lowest BCUT2D eigenvalue weighted by Gasteiger charge is -2.36. The molecule has 0 bridgehead atoms. The van der Waals surface area contributed by atoms with Gasteiger partial charge in [-0.05, 0) is 6.92 Å². The van der Waals surface area contributed by atoms with Crippen molar-refractivity contribution in [1.82, 2.24) is 10.2 Å². The van der Waals surface area contributed by atoms with Crippen LogP contribution in [0.3, 0.4) is 0 Å². The second-order valence-corrected chi connectivity index (χ2v) is 5.95. The number of nitrogens with zero attached hydrogens (tertiary/aromatic N) is 3. The van der Waals surface area contributed by atoms with Gasteiger partial charge in [0.15, 0.2) is 12.1 Å². The molecule has 0 aromatic carbocycles. The van der Waals surface area contributed by atoms with Crippen molar-refractivity contribution >= 4 is 30.0 Å². The molecular formula is C13H17N5O7. The highest BCUT2D eigenvalue weighted by atomic mass is 16.6. The quantitative estimate of drug-likeness (QED) is 0.302. The van der Waals surface area contributed by atoms with Crippen molar-refractivity contribution in [2.45, 2.75) is 37.0 Å². The number of fused-ring (bicyclic) bond motifs is 1. The van der Waals surface area contributed by atoms with E-state index in [4.69, 9.17) is 10.1 Å². The first-order valence-electron chi connectivity index (χ1n) is 7.42. The van der Waals surface area contributed by atoms with Crippen LogP contribution < -0.4 is 5.32 Å². The number of carboxylic acids is 1. The zero-order valence-corrected chi connectivity index (χ0v) is 13.0. The highest BCUT2D eigenvalue weighted by molar-refractivity contribution is 6.28. The number of rotatable bonds is 4. The Morgan fingerprint density at radius 2 is 2.20 bits per heavy atom. The second kappa shape index (κ2) is 5.84. The maximum absolute atomic E-state index is 12.5. The molecule has 25 heavy (non-hydrogen) atoms. The minimum atomic E-state index is -1.93. The fourth-order valence-electron chi connectivity index (χ4n) is 3.08. The smallest absolute Gasteiger partial charge is 0.309 e. The van der Waals surface area contributed by atoms with E-state index in [-0.39, 0.29) is 5.84 Å². The SMILES string of the molecule is CC(C(=O)O)C12N=CN([C@@H]3O[C@H](CO)[C@@H](O)[C@H]3O)C1=NC(=N)NC2=O. The number of nitrogens with one attached hydrogen (secondary N) is 2. The van der Waals surface area contributed by atoms with Crippen LogP contribution in [0.25, 0.3) is 0 Å². The number of aliphatic imine (C=N–C) groups is 2. The Kier molecular flexibility index (Phi) is 4.07. The average molecular weight is 355 g/mol. The number of guanidine groups is 1. The Labute approximate surface area is 141 Å².